The van der Waals surface area contributed by atoms with Gasteiger partial charge in [-0.05, 0) is 19.1 Å². The van der Waals surface area contributed by atoms with Gasteiger partial charge in [-0.15, -0.1) is 0 Å². The average Bonchev–Trinajstić information content (AvgIpc) is 2.17. The summed E-state index contributed by atoms with van der Waals surface area (Å²) in [5, 5.41) is 11.7. The van der Waals surface area contributed by atoms with E-state index in [-0.39, 0.29) is 24.1 Å². The lowest BCUT2D eigenvalue weighted by molar-refractivity contribution is 0.0923. The van der Waals surface area contributed by atoms with Crippen LogP contribution >= 0.6 is 11.6 Å². The molecule has 1 amide bonds. The van der Waals surface area contributed by atoms with E-state index >= 15 is 0 Å². The summed E-state index contributed by atoms with van der Waals surface area (Å²) < 4.78 is 0. The predicted molar refractivity (Wildman–Crippen MR) is 59.9 cm³/mol. The molecule has 0 saturated carbocycles. The molecule has 1 aromatic rings. The van der Waals surface area contributed by atoms with E-state index in [1.165, 1.54) is 0 Å². The molecular formula is C10H13ClN2O2. The van der Waals surface area contributed by atoms with Crippen LogP contribution in [0.1, 0.15) is 17.3 Å². The number of benzene rings is 1. The van der Waals surface area contributed by atoms with Crippen molar-refractivity contribution in [3.8, 4) is 0 Å². The van der Waals surface area contributed by atoms with Gasteiger partial charge in [0.1, 0.15) is 0 Å². The van der Waals surface area contributed by atoms with Gasteiger partial charge in [0.05, 0.1) is 17.2 Å². The van der Waals surface area contributed by atoms with Crippen LogP contribution in [-0.2, 0) is 0 Å². The lowest BCUT2D eigenvalue weighted by Crippen LogP contribution is -2.35. The molecule has 0 radical (unpaired) electrons. The molecule has 0 aliphatic rings. The van der Waals surface area contributed by atoms with E-state index in [9.17, 15) is 4.79 Å². The van der Waals surface area contributed by atoms with Gasteiger partial charge < -0.3 is 16.2 Å². The largest absolute Gasteiger partial charge is 0.398 e. The number of halogens is 1. The highest BCUT2D eigenvalue weighted by Crippen LogP contribution is 2.21. The molecule has 0 aromatic heterocycles. The fraction of sp³-hybridized carbons (Fsp3) is 0.300. The first-order valence-electron chi connectivity index (χ1n) is 4.52. The Morgan fingerprint density at radius 1 is 1.67 bits per heavy atom. The molecule has 82 valence electrons. The van der Waals surface area contributed by atoms with E-state index in [4.69, 9.17) is 22.4 Å². The number of hydrogen-bond donors (Lipinski definition) is 3. The summed E-state index contributed by atoms with van der Waals surface area (Å²) in [6, 6.07) is 4.54. The molecule has 4 nitrogen and oxygen atoms in total. The van der Waals surface area contributed by atoms with E-state index in [2.05, 4.69) is 5.32 Å². The highest BCUT2D eigenvalue weighted by molar-refractivity contribution is 6.34. The maximum Gasteiger partial charge on any atom is 0.255 e. The van der Waals surface area contributed by atoms with Crippen molar-refractivity contribution < 1.29 is 9.90 Å². The molecule has 1 aromatic carbocycles. The smallest absolute Gasteiger partial charge is 0.255 e. The number of aliphatic hydroxyl groups excluding tert-OH is 1. The third-order valence-electron chi connectivity index (χ3n) is 1.92. The van der Waals surface area contributed by atoms with Crippen LogP contribution < -0.4 is 11.1 Å². The van der Waals surface area contributed by atoms with E-state index in [0.29, 0.717) is 10.7 Å². The molecular weight excluding hydrogens is 216 g/mol. The minimum atomic E-state index is -0.375. The van der Waals surface area contributed by atoms with Crippen LogP contribution in [0.5, 0.6) is 0 Å². The van der Waals surface area contributed by atoms with E-state index < -0.39 is 0 Å². The van der Waals surface area contributed by atoms with Crippen molar-refractivity contribution in [3.05, 3.63) is 28.8 Å². The van der Waals surface area contributed by atoms with Crippen LogP contribution in [0.15, 0.2) is 18.2 Å². The zero-order valence-corrected chi connectivity index (χ0v) is 9.08. The van der Waals surface area contributed by atoms with Crippen LogP contribution in [0.4, 0.5) is 5.69 Å². The number of anilines is 1. The number of carbonyl (C=O) groups is 1. The quantitative estimate of drug-likeness (QED) is 0.677. The average molecular weight is 229 g/mol. The van der Waals surface area contributed by atoms with Crippen molar-refractivity contribution in [1.82, 2.24) is 5.32 Å². The summed E-state index contributed by atoms with van der Waals surface area (Å²) in [5.41, 5.74) is 6.21. The Hall–Kier alpha value is -1.26. The first kappa shape index (κ1) is 11.8. The molecule has 1 atom stereocenters. The third kappa shape index (κ3) is 2.84. The van der Waals surface area contributed by atoms with Crippen LogP contribution in [-0.4, -0.2) is 23.7 Å². The van der Waals surface area contributed by atoms with Crippen LogP contribution in [0.3, 0.4) is 0 Å². The molecule has 0 bridgehead atoms. The summed E-state index contributed by atoms with van der Waals surface area (Å²) >= 11 is 5.85. The maximum absolute atomic E-state index is 11.7. The zero-order valence-electron chi connectivity index (χ0n) is 8.33. The Balaban J connectivity index is 2.91. The van der Waals surface area contributed by atoms with Gasteiger partial charge in [0.25, 0.3) is 5.91 Å². The molecule has 0 spiro atoms. The first-order chi connectivity index (χ1) is 7.06. The molecule has 0 aliphatic heterocycles. The number of nitrogens with one attached hydrogen (secondary N) is 1. The molecule has 5 heteroatoms. The van der Waals surface area contributed by atoms with E-state index in [1.807, 2.05) is 0 Å². The fourth-order valence-corrected chi connectivity index (χ4v) is 1.39. The summed E-state index contributed by atoms with van der Waals surface area (Å²) in [5.74, 6) is -0.375. The summed E-state index contributed by atoms with van der Waals surface area (Å²) in [7, 11) is 0. The Labute approximate surface area is 93.0 Å². The molecule has 0 saturated heterocycles. The number of carbonyl (C=O) groups excluding carboxylic acids is 1. The van der Waals surface area contributed by atoms with E-state index in [0.717, 1.165) is 0 Å². The molecule has 15 heavy (non-hydrogen) atoms. The number of nitrogens with two attached hydrogens (primary N) is 1. The van der Waals surface area contributed by atoms with Gasteiger partial charge in [-0.25, -0.2) is 0 Å². The fourth-order valence-electron chi connectivity index (χ4n) is 1.12. The Kier molecular flexibility index (Phi) is 3.94. The highest BCUT2D eigenvalue weighted by Gasteiger charge is 2.15. The second-order valence-electron chi connectivity index (χ2n) is 3.26. The summed E-state index contributed by atoms with van der Waals surface area (Å²) in [4.78, 5) is 11.7. The third-order valence-corrected chi connectivity index (χ3v) is 2.24. The number of aliphatic hydroxyl groups is 1. The second kappa shape index (κ2) is 5.00. The van der Waals surface area contributed by atoms with Crippen molar-refractivity contribution in [2.45, 2.75) is 13.0 Å². The zero-order chi connectivity index (χ0) is 11.4. The van der Waals surface area contributed by atoms with E-state index in [1.54, 1.807) is 25.1 Å². The minimum Gasteiger partial charge on any atom is -0.398 e. The Morgan fingerprint density at radius 3 is 2.87 bits per heavy atom. The lowest BCUT2D eigenvalue weighted by atomic mass is 10.1. The highest BCUT2D eigenvalue weighted by atomic mass is 35.5. The van der Waals surface area contributed by atoms with Gasteiger partial charge in [0.2, 0.25) is 0 Å². The van der Waals surface area contributed by atoms with Gasteiger partial charge in [0, 0.05) is 11.7 Å². The normalized spacial score (nSPS) is 12.2. The predicted octanol–water partition coefficient (Wildman–Crippen LogP) is 1.03. The number of rotatable bonds is 3. The second-order valence-corrected chi connectivity index (χ2v) is 3.67. The van der Waals surface area contributed by atoms with Crippen molar-refractivity contribution in [1.29, 1.82) is 0 Å². The first-order valence-corrected chi connectivity index (χ1v) is 4.89. The molecule has 1 unspecified atom stereocenters. The molecule has 0 heterocycles. The van der Waals surface area contributed by atoms with Crippen molar-refractivity contribution in [3.63, 3.8) is 0 Å². The van der Waals surface area contributed by atoms with Gasteiger partial charge in [-0.2, -0.15) is 0 Å². The van der Waals surface area contributed by atoms with Gasteiger partial charge in [-0.1, -0.05) is 17.7 Å². The lowest BCUT2D eigenvalue weighted by Gasteiger charge is -2.12. The van der Waals surface area contributed by atoms with Crippen molar-refractivity contribution in [2.75, 3.05) is 12.3 Å². The number of nitrogen functional groups attached to an aromatic ring is 1. The van der Waals surface area contributed by atoms with Crippen LogP contribution in [0.25, 0.3) is 0 Å². The monoisotopic (exact) mass is 228 g/mol. The molecule has 0 fully saturated rings. The van der Waals surface area contributed by atoms with Crippen molar-refractivity contribution >= 4 is 23.2 Å². The van der Waals surface area contributed by atoms with Crippen molar-refractivity contribution in [2.24, 2.45) is 0 Å². The molecule has 4 N–H and O–H groups in total. The standard InChI is InChI=1S/C10H13ClN2O2/c1-6(5-14)13-10(15)9-7(11)3-2-4-8(9)12/h2-4,6,14H,5,12H2,1H3,(H,13,15). The maximum atomic E-state index is 11.7. The van der Waals surface area contributed by atoms with Crippen LogP contribution in [0.2, 0.25) is 5.02 Å². The minimum absolute atomic E-state index is 0.129. The van der Waals surface area contributed by atoms with Gasteiger partial charge >= 0.3 is 0 Å². The number of amides is 1. The Morgan fingerprint density at radius 2 is 2.33 bits per heavy atom. The summed E-state index contributed by atoms with van der Waals surface area (Å²) in [6.07, 6.45) is 0. The van der Waals surface area contributed by atoms with Gasteiger partial charge in [-0.3, -0.25) is 4.79 Å². The van der Waals surface area contributed by atoms with Gasteiger partial charge in [0.15, 0.2) is 0 Å². The Bertz CT molecular complexity index is 348. The SMILES string of the molecule is CC(CO)NC(=O)c1c(N)cccc1Cl. The molecule has 1 rings (SSSR count). The molecule has 0 aliphatic carbocycles. The number of hydrogen-bond acceptors (Lipinski definition) is 3. The van der Waals surface area contributed by atoms with Crippen LogP contribution in [0, 0.1) is 0 Å². The topological polar surface area (TPSA) is 75.3 Å². The summed E-state index contributed by atoms with van der Waals surface area (Å²) in [6.45, 7) is 1.56.